The van der Waals surface area contributed by atoms with Gasteiger partial charge >= 0.3 is 7.12 Å². The summed E-state index contributed by atoms with van der Waals surface area (Å²) in [5.74, 6) is 1.06. The zero-order valence-electron chi connectivity index (χ0n) is 12.0. The lowest BCUT2D eigenvalue weighted by molar-refractivity contribution is 0.179. The molecule has 0 aromatic heterocycles. The molecule has 1 aromatic carbocycles. The predicted molar refractivity (Wildman–Crippen MR) is 81.5 cm³/mol. The van der Waals surface area contributed by atoms with E-state index >= 15 is 0 Å². The summed E-state index contributed by atoms with van der Waals surface area (Å²) in [6.45, 7) is 3.59. The van der Waals surface area contributed by atoms with Gasteiger partial charge in [0.15, 0.2) is 9.84 Å². The molecule has 2 N–H and O–H groups in total. The third-order valence-electron chi connectivity index (χ3n) is 3.63. The Kier molecular flexibility index (Phi) is 5.26. The van der Waals surface area contributed by atoms with E-state index in [1.54, 1.807) is 24.3 Å². The summed E-state index contributed by atoms with van der Waals surface area (Å²) in [6, 6.07) is 6.56. The Morgan fingerprint density at radius 3 is 2.57 bits per heavy atom. The molecule has 1 saturated heterocycles. The van der Waals surface area contributed by atoms with Crippen molar-refractivity contribution in [3.8, 4) is 5.75 Å². The van der Waals surface area contributed by atoms with E-state index in [4.69, 9.17) is 14.8 Å². The van der Waals surface area contributed by atoms with Gasteiger partial charge in [-0.3, -0.25) is 4.90 Å². The molecule has 0 amide bonds. The first-order chi connectivity index (χ1) is 9.87. The van der Waals surface area contributed by atoms with Crippen molar-refractivity contribution in [2.45, 2.75) is 13.0 Å². The highest BCUT2D eigenvalue weighted by atomic mass is 32.2. The Labute approximate surface area is 125 Å². The van der Waals surface area contributed by atoms with Crippen LogP contribution in [-0.2, 0) is 9.84 Å². The monoisotopic (exact) mass is 313 g/mol. The SMILES string of the molecule is CC1CS(=O)(=O)CCN1CCOc1ccc(B(O)O)cc1. The van der Waals surface area contributed by atoms with Crippen LogP contribution in [0.3, 0.4) is 0 Å². The lowest BCUT2D eigenvalue weighted by Gasteiger charge is -2.32. The average molecular weight is 313 g/mol. The maximum atomic E-state index is 11.5. The van der Waals surface area contributed by atoms with Crippen LogP contribution in [0.4, 0.5) is 0 Å². The third kappa shape index (κ3) is 4.71. The molecule has 1 atom stereocenters. The van der Waals surface area contributed by atoms with Gasteiger partial charge in [0.1, 0.15) is 12.4 Å². The normalized spacial score (nSPS) is 22.0. The van der Waals surface area contributed by atoms with Crippen LogP contribution in [0, 0.1) is 0 Å². The van der Waals surface area contributed by atoms with Gasteiger partial charge in [0.05, 0.1) is 11.5 Å². The van der Waals surface area contributed by atoms with Crippen LogP contribution < -0.4 is 10.2 Å². The second-order valence-electron chi connectivity index (χ2n) is 5.29. The van der Waals surface area contributed by atoms with Crippen molar-refractivity contribution in [2.75, 3.05) is 31.2 Å². The Balaban J connectivity index is 1.79. The fourth-order valence-electron chi connectivity index (χ4n) is 2.38. The molecule has 1 aromatic rings. The largest absolute Gasteiger partial charge is 0.492 e. The summed E-state index contributed by atoms with van der Waals surface area (Å²) in [5.41, 5.74) is 0.414. The Bertz CT molecular complexity index is 560. The summed E-state index contributed by atoms with van der Waals surface area (Å²) in [5, 5.41) is 18.0. The van der Waals surface area contributed by atoms with Crippen LogP contribution in [0.15, 0.2) is 24.3 Å². The average Bonchev–Trinajstić information content (AvgIpc) is 2.41. The quantitative estimate of drug-likeness (QED) is 0.669. The summed E-state index contributed by atoms with van der Waals surface area (Å²) in [7, 11) is -4.36. The van der Waals surface area contributed by atoms with E-state index in [9.17, 15) is 8.42 Å². The molecule has 1 aliphatic heterocycles. The number of hydrogen-bond acceptors (Lipinski definition) is 6. The van der Waals surface area contributed by atoms with Gasteiger partial charge in [0, 0.05) is 19.1 Å². The predicted octanol–water partition coefficient (Wildman–Crippen LogP) is -1.14. The lowest BCUT2D eigenvalue weighted by Crippen LogP contribution is -2.48. The maximum absolute atomic E-state index is 11.5. The minimum absolute atomic E-state index is 0.0132. The second kappa shape index (κ2) is 6.78. The number of hydrogen-bond donors (Lipinski definition) is 2. The highest BCUT2D eigenvalue weighted by molar-refractivity contribution is 7.91. The highest BCUT2D eigenvalue weighted by Crippen LogP contribution is 2.12. The molecule has 1 heterocycles. The third-order valence-corrected chi connectivity index (χ3v) is 5.43. The Morgan fingerprint density at radius 1 is 1.33 bits per heavy atom. The van der Waals surface area contributed by atoms with Crippen LogP contribution >= 0.6 is 0 Å². The minimum atomic E-state index is -2.88. The number of ether oxygens (including phenoxy) is 1. The summed E-state index contributed by atoms with van der Waals surface area (Å²) < 4.78 is 28.6. The maximum Gasteiger partial charge on any atom is 0.488 e. The number of benzene rings is 1. The van der Waals surface area contributed by atoms with E-state index in [-0.39, 0.29) is 17.5 Å². The molecular formula is C13H20BNO5S. The highest BCUT2D eigenvalue weighted by Gasteiger charge is 2.27. The molecule has 2 rings (SSSR count). The van der Waals surface area contributed by atoms with Crippen molar-refractivity contribution in [1.29, 1.82) is 0 Å². The van der Waals surface area contributed by atoms with Crippen LogP contribution in [0.5, 0.6) is 5.75 Å². The van der Waals surface area contributed by atoms with Crippen molar-refractivity contribution in [3.63, 3.8) is 0 Å². The van der Waals surface area contributed by atoms with Crippen LogP contribution in [0.1, 0.15) is 6.92 Å². The number of sulfone groups is 1. The zero-order valence-corrected chi connectivity index (χ0v) is 12.8. The first-order valence-electron chi connectivity index (χ1n) is 6.91. The van der Waals surface area contributed by atoms with E-state index in [0.29, 0.717) is 30.9 Å². The molecule has 6 nitrogen and oxygen atoms in total. The fraction of sp³-hybridized carbons (Fsp3) is 0.538. The first-order valence-corrected chi connectivity index (χ1v) is 8.73. The van der Waals surface area contributed by atoms with Crippen molar-refractivity contribution in [1.82, 2.24) is 4.90 Å². The molecule has 0 aliphatic carbocycles. The standard InChI is InChI=1S/C13H20BNO5S/c1-11-10-21(18,19)9-7-15(11)6-8-20-13-4-2-12(3-5-13)14(16)17/h2-5,11,16-17H,6-10H2,1H3. The van der Waals surface area contributed by atoms with Crippen LogP contribution in [0.25, 0.3) is 0 Å². The van der Waals surface area contributed by atoms with E-state index in [1.807, 2.05) is 6.92 Å². The fourth-order valence-corrected chi connectivity index (χ4v) is 4.01. The smallest absolute Gasteiger partial charge is 0.488 e. The van der Waals surface area contributed by atoms with E-state index < -0.39 is 17.0 Å². The van der Waals surface area contributed by atoms with Crippen LogP contribution in [-0.4, -0.2) is 67.7 Å². The van der Waals surface area contributed by atoms with Crippen molar-refractivity contribution in [2.24, 2.45) is 0 Å². The summed E-state index contributed by atoms with van der Waals surface area (Å²) in [6.07, 6.45) is 0. The molecule has 1 unspecified atom stereocenters. The minimum Gasteiger partial charge on any atom is -0.492 e. The number of nitrogens with zero attached hydrogens (tertiary/aromatic N) is 1. The van der Waals surface area contributed by atoms with Gasteiger partial charge < -0.3 is 14.8 Å². The van der Waals surface area contributed by atoms with E-state index in [0.717, 1.165) is 0 Å². The molecule has 0 bridgehead atoms. The number of rotatable bonds is 5. The van der Waals surface area contributed by atoms with E-state index in [1.165, 1.54) is 0 Å². The van der Waals surface area contributed by atoms with Gasteiger partial charge in [-0.2, -0.15) is 0 Å². The van der Waals surface area contributed by atoms with Gasteiger partial charge in [-0.25, -0.2) is 8.42 Å². The molecule has 1 fully saturated rings. The molecule has 0 saturated carbocycles. The second-order valence-corrected chi connectivity index (χ2v) is 7.52. The van der Waals surface area contributed by atoms with Crippen molar-refractivity contribution in [3.05, 3.63) is 24.3 Å². The van der Waals surface area contributed by atoms with Gasteiger partial charge in [-0.05, 0) is 24.5 Å². The topological polar surface area (TPSA) is 87.1 Å². The first kappa shape index (κ1) is 16.3. The lowest BCUT2D eigenvalue weighted by atomic mass is 9.80. The van der Waals surface area contributed by atoms with Crippen molar-refractivity contribution < 1.29 is 23.2 Å². The van der Waals surface area contributed by atoms with E-state index in [2.05, 4.69) is 4.90 Å². The molecule has 8 heteroatoms. The molecule has 0 spiro atoms. The molecule has 116 valence electrons. The Hall–Kier alpha value is -1.09. The molecule has 21 heavy (non-hydrogen) atoms. The van der Waals surface area contributed by atoms with Crippen LogP contribution in [0.2, 0.25) is 0 Å². The van der Waals surface area contributed by atoms with Gasteiger partial charge in [0.25, 0.3) is 0 Å². The van der Waals surface area contributed by atoms with Gasteiger partial charge in [0.2, 0.25) is 0 Å². The Morgan fingerprint density at radius 2 is 2.00 bits per heavy atom. The summed E-state index contributed by atoms with van der Waals surface area (Å²) >= 11 is 0. The zero-order chi connectivity index (χ0) is 15.5. The summed E-state index contributed by atoms with van der Waals surface area (Å²) in [4.78, 5) is 2.10. The van der Waals surface area contributed by atoms with Gasteiger partial charge in [-0.1, -0.05) is 12.1 Å². The molecule has 1 aliphatic rings. The van der Waals surface area contributed by atoms with Gasteiger partial charge in [-0.15, -0.1) is 0 Å². The molecular weight excluding hydrogens is 293 g/mol. The van der Waals surface area contributed by atoms with Crippen molar-refractivity contribution >= 4 is 22.4 Å². The molecule has 0 radical (unpaired) electrons.